The van der Waals surface area contributed by atoms with Crippen molar-refractivity contribution >= 4 is 0 Å². The molecular weight excluding hydrogens is 168 g/mol. The van der Waals surface area contributed by atoms with Gasteiger partial charge >= 0.3 is 0 Å². The van der Waals surface area contributed by atoms with Crippen LogP contribution in [0.5, 0.6) is 0 Å². The van der Waals surface area contributed by atoms with Crippen LogP contribution in [0.15, 0.2) is 0 Å². The monoisotopic (exact) mass is 194 g/mol. The number of unbranched alkanes of at least 4 members (excludes halogenated alkanes) is 3. The maximum absolute atomic E-state index is 2.39. The van der Waals surface area contributed by atoms with E-state index in [0.717, 1.165) is 11.8 Å². The third kappa shape index (κ3) is 2.15. The minimum Gasteiger partial charge on any atom is -0.0654 e. The van der Waals surface area contributed by atoms with Gasteiger partial charge < -0.3 is 0 Å². The molecule has 0 aromatic rings. The van der Waals surface area contributed by atoms with Crippen LogP contribution in [0.1, 0.15) is 65.2 Å². The van der Waals surface area contributed by atoms with Crippen LogP contribution in [-0.2, 0) is 0 Å². The van der Waals surface area contributed by atoms with Gasteiger partial charge in [-0.3, -0.25) is 0 Å². The van der Waals surface area contributed by atoms with E-state index >= 15 is 0 Å². The predicted molar refractivity (Wildman–Crippen MR) is 62.2 cm³/mol. The molecule has 0 spiro atoms. The van der Waals surface area contributed by atoms with Gasteiger partial charge in [0.1, 0.15) is 0 Å². The first-order chi connectivity index (χ1) is 6.86. The molecule has 0 amide bonds. The molecule has 0 nitrogen and oxygen atoms in total. The zero-order valence-electron chi connectivity index (χ0n) is 9.97. The topological polar surface area (TPSA) is 0 Å². The first-order valence-corrected chi connectivity index (χ1v) is 6.86. The van der Waals surface area contributed by atoms with Crippen LogP contribution < -0.4 is 0 Å². The molecule has 2 aliphatic rings. The van der Waals surface area contributed by atoms with Crippen molar-refractivity contribution in [3.8, 4) is 0 Å². The highest BCUT2D eigenvalue weighted by molar-refractivity contribution is 5.01. The van der Waals surface area contributed by atoms with Crippen LogP contribution in [0.3, 0.4) is 0 Å². The highest BCUT2D eigenvalue weighted by Crippen LogP contribution is 2.60. The minimum absolute atomic E-state index is 1.12. The quantitative estimate of drug-likeness (QED) is 0.540. The lowest BCUT2D eigenvalue weighted by Gasteiger charge is -2.14. The molecule has 0 aromatic heterocycles. The predicted octanol–water partition coefficient (Wildman–Crippen LogP) is 4.64. The summed E-state index contributed by atoms with van der Waals surface area (Å²) in [4.78, 5) is 0. The molecule has 0 aliphatic heterocycles. The fourth-order valence-corrected chi connectivity index (χ4v) is 3.69. The van der Waals surface area contributed by atoms with E-state index in [1.54, 1.807) is 19.3 Å². The molecule has 4 unspecified atom stereocenters. The van der Waals surface area contributed by atoms with Crippen LogP contribution in [0.4, 0.5) is 0 Å². The summed E-state index contributed by atoms with van der Waals surface area (Å²) < 4.78 is 0. The Kier molecular flexibility index (Phi) is 3.52. The Hall–Kier alpha value is 0. The van der Waals surface area contributed by atoms with E-state index < -0.39 is 0 Å². The molecule has 0 bridgehead atoms. The summed E-state index contributed by atoms with van der Waals surface area (Å²) in [6.45, 7) is 4.69. The Morgan fingerprint density at radius 3 is 2.29 bits per heavy atom. The largest absolute Gasteiger partial charge is 0.0654 e. The van der Waals surface area contributed by atoms with Crippen molar-refractivity contribution in [3.05, 3.63) is 0 Å². The van der Waals surface area contributed by atoms with Gasteiger partial charge in [0.25, 0.3) is 0 Å². The summed E-state index contributed by atoms with van der Waals surface area (Å²) in [5, 5.41) is 0. The fourth-order valence-electron chi connectivity index (χ4n) is 3.69. The average molecular weight is 194 g/mol. The molecule has 0 heterocycles. The second-order valence-electron chi connectivity index (χ2n) is 5.58. The van der Waals surface area contributed by atoms with Gasteiger partial charge in [0.05, 0.1) is 0 Å². The van der Waals surface area contributed by atoms with Crippen molar-refractivity contribution in [2.45, 2.75) is 65.2 Å². The summed E-state index contributed by atoms with van der Waals surface area (Å²) in [6, 6.07) is 0. The Balaban J connectivity index is 1.63. The third-order valence-corrected chi connectivity index (χ3v) is 4.66. The molecule has 0 saturated heterocycles. The molecule has 2 saturated carbocycles. The lowest BCUT2D eigenvalue weighted by molar-refractivity contribution is 0.373. The molecule has 14 heavy (non-hydrogen) atoms. The fraction of sp³-hybridized carbons (Fsp3) is 1.00. The van der Waals surface area contributed by atoms with Gasteiger partial charge in [-0.15, -0.1) is 0 Å². The zero-order valence-corrected chi connectivity index (χ0v) is 9.97. The number of hydrogen-bond donors (Lipinski definition) is 0. The van der Waals surface area contributed by atoms with Gasteiger partial charge in [-0.1, -0.05) is 52.4 Å². The molecule has 2 rings (SSSR count). The molecule has 0 N–H and O–H groups in total. The van der Waals surface area contributed by atoms with Crippen molar-refractivity contribution < 1.29 is 0 Å². The zero-order chi connectivity index (χ0) is 9.97. The summed E-state index contributed by atoms with van der Waals surface area (Å²) in [6.07, 6.45) is 12.0. The van der Waals surface area contributed by atoms with Crippen LogP contribution in [-0.4, -0.2) is 0 Å². The molecule has 0 radical (unpaired) electrons. The van der Waals surface area contributed by atoms with Gasteiger partial charge in [0.15, 0.2) is 0 Å². The van der Waals surface area contributed by atoms with E-state index in [0.29, 0.717) is 0 Å². The van der Waals surface area contributed by atoms with Crippen molar-refractivity contribution in [1.29, 1.82) is 0 Å². The first-order valence-electron chi connectivity index (χ1n) is 6.86. The molecule has 2 aliphatic carbocycles. The SMILES string of the molecule is CCCCCCC1CC(CC)C2CC12. The van der Waals surface area contributed by atoms with E-state index in [4.69, 9.17) is 0 Å². The Labute approximate surface area is 89.5 Å². The molecule has 0 aromatic carbocycles. The number of hydrogen-bond acceptors (Lipinski definition) is 0. The van der Waals surface area contributed by atoms with Gasteiger partial charge in [0.2, 0.25) is 0 Å². The lowest BCUT2D eigenvalue weighted by Crippen LogP contribution is -2.02. The van der Waals surface area contributed by atoms with E-state index in [-0.39, 0.29) is 0 Å². The van der Waals surface area contributed by atoms with Crippen LogP contribution >= 0.6 is 0 Å². The molecule has 2 fully saturated rings. The molecular formula is C14H26. The highest BCUT2D eigenvalue weighted by Gasteiger charge is 2.52. The Morgan fingerprint density at radius 1 is 0.857 bits per heavy atom. The van der Waals surface area contributed by atoms with Crippen molar-refractivity contribution in [1.82, 2.24) is 0 Å². The van der Waals surface area contributed by atoms with Gasteiger partial charge in [-0.25, -0.2) is 0 Å². The molecule has 4 atom stereocenters. The van der Waals surface area contributed by atoms with Crippen molar-refractivity contribution in [2.24, 2.45) is 23.7 Å². The summed E-state index contributed by atoms with van der Waals surface area (Å²) >= 11 is 0. The second-order valence-corrected chi connectivity index (χ2v) is 5.58. The van der Waals surface area contributed by atoms with E-state index in [1.165, 1.54) is 43.9 Å². The summed E-state index contributed by atoms with van der Waals surface area (Å²) in [7, 11) is 0. The van der Waals surface area contributed by atoms with Crippen LogP contribution in [0, 0.1) is 23.7 Å². The number of fused-ring (bicyclic) bond motifs is 1. The number of rotatable bonds is 6. The van der Waals surface area contributed by atoms with E-state index in [1.807, 2.05) is 0 Å². The van der Waals surface area contributed by atoms with E-state index in [9.17, 15) is 0 Å². The normalized spacial score (nSPS) is 39.9. The first kappa shape index (κ1) is 10.5. The van der Waals surface area contributed by atoms with Crippen molar-refractivity contribution in [2.75, 3.05) is 0 Å². The van der Waals surface area contributed by atoms with Gasteiger partial charge in [0, 0.05) is 0 Å². The molecule has 0 heteroatoms. The highest BCUT2D eigenvalue weighted by atomic mass is 14.6. The maximum atomic E-state index is 2.39. The van der Waals surface area contributed by atoms with Crippen LogP contribution in [0.2, 0.25) is 0 Å². The third-order valence-electron chi connectivity index (χ3n) is 4.66. The Bertz CT molecular complexity index is 173. The van der Waals surface area contributed by atoms with Crippen molar-refractivity contribution in [3.63, 3.8) is 0 Å². The standard InChI is InChI=1S/C14H26/c1-3-5-6-7-8-12-9-11(4-2)13-10-14(12)13/h11-14H,3-10H2,1-2H3. The molecule has 82 valence electrons. The maximum Gasteiger partial charge on any atom is -0.0352 e. The summed E-state index contributed by atoms with van der Waals surface area (Å²) in [5.74, 6) is 4.62. The van der Waals surface area contributed by atoms with Gasteiger partial charge in [-0.2, -0.15) is 0 Å². The smallest absolute Gasteiger partial charge is 0.0352 e. The van der Waals surface area contributed by atoms with Crippen LogP contribution in [0.25, 0.3) is 0 Å². The van der Waals surface area contributed by atoms with E-state index in [2.05, 4.69) is 13.8 Å². The second kappa shape index (κ2) is 4.68. The Morgan fingerprint density at radius 2 is 1.64 bits per heavy atom. The van der Waals surface area contributed by atoms with Gasteiger partial charge in [-0.05, 0) is 36.5 Å². The average Bonchev–Trinajstić information content (AvgIpc) is 2.92. The minimum atomic E-state index is 1.12. The summed E-state index contributed by atoms with van der Waals surface area (Å²) in [5.41, 5.74) is 0. The lowest BCUT2D eigenvalue weighted by atomic mass is 9.92.